The molecule has 3 N–H and O–H groups in total. The Morgan fingerprint density at radius 3 is 2.52 bits per heavy atom. The van der Waals surface area contributed by atoms with Crippen LogP contribution < -0.4 is 10.6 Å². The van der Waals surface area contributed by atoms with E-state index in [9.17, 15) is 18.3 Å². The number of aryl methyl sites for hydroxylation is 1. The van der Waals surface area contributed by atoms with Crippen LogP contribution >= 0.6 is 0 Å². The van der Waals surface area contributed by atoms with E-state index in [0.29, 0.717) is 24.2 Å². The van der Waals surface area contributed by atoms with Gasteiger partial charge in [-0.1, -0.05) is 19.0 Å². The first-order chi connectivity index (χ1) is 14.7. The van der Waals surface area contributed by atoms with Crippen molar-refractivity contribution < 1.29 is 22.8 Å². The van der Waals surface area contributed by atoms with Crippen LogP contribution in [0.2, 0.25) is 0 Å². The molecule has 2 rings (SSSR count). The van der Waals surface area contributed by atoms with Crippen LogP contribution in [0.5, 0.6) is 0 Å². The number of alkyl halides is 3. The lowest BCUT2D eigenvalue weighted by molar-refractivity contribution is -0.272. The van der Waals surface area contributed by atoms with Gasteiger partial charge in [-0.15, -0.1) is 0 Å². The number of aromatic nitrogens is 3. The van der Waals surface area contributed by atoms with Crippen LogP contribution in [-0.4, -0.2) is 45.0 Å². The Morgan fingerprint density at radius 1 is 1.26 bits per heavy atom. The SMILES string of the molecule is CCNC(=NCc1cc(C(CC)CC)no1)NCCC(O)(c1nccn1C)C(F)(F)F. The highest BCUT2D eigenvalue weighted by Crippen LogP contribution is 2.40. The number of aliphatic hydroxyl groups is 1. The summed E-state index contributed by atoms with van der Waals surface area (Å²) in [5.41, 5.74) is -2.21. The molecule has 11 heteroatoms. The second kappa shape index (κ2) is 10.7. The number of hydrogen-bond donors (Lipinski definition) is 3. The van der Waals surface area contributed by atoms with E-state index in [0.717, 1.165) is 23.1 Å². The molecule has 0 aliphatic heterocycles. The highest BCUT2D eigenvalue weighted by Gasteiger charge is 2.57. The zero-order chi connectivity index (χ0) is 23.1. The molecule has 174 valence electrons. The smallest absolute Gasteiger partial charge is 0.374 e. The number of nitrogens with zero attached hydrogens (tertiary/aromatic N) is 4. The number of nitrogens with one attached hydrogen (secondary N) is 2. The quantitative estimate of drug-likeness (QED) is 0.384. The second-order valence-corrected chi connectivity index (χ2v) is 7.32. The number of rotatable bonds is 10. The van der Waals surface area contributed by atoms with Gasteiger partial charge < -0.3 is 24.8 Å². The van der Waals surface area contributed by atoms with Gasteiger partial charge in [0.25, 0.3) is 0 Å². The molecule has 8 nitrogen and oxygen atoms in total. The van der Waals surface area contributed by atoms with Crippen LogP contribution in [0.4, 0.5) is 13.2 Å². The van der Waals surface area contributed by atoms with Crippen molar-refractivity contribution in [1.82, 2.24) is 25.3 Å². The average molecular weight is 445 g/mol. The van der Waals surface area contributed by atoms with Crippen molar-refractivity contribution in [2.75, 3.05) is 13.1 Å². The molecule has 0 bridgehead atoms. The molecule has 0 aliphatic rings. The lowest BCUT2D eigenvalue weighted by Crippen LogP contribution is -2.47. The van der Waals surface area contributed by atoms with Gasteiger partial charge in [0, 0.05) is 50.9 Å². The highest BCUT2D eigenvalue weighted by atomic mass is 19.4. The molecule has 1 atom stereocenters. The van der Waals surface area contributed by atoms with E-state index in [1.54, 1.807) is 0 Å². The maximum Gasteiger partial charge on any atom is 0.424 e. The predicted octanol–water partition coefficient (Wildman–Crippen LogP) is 3.21. The molecule has 0 aliphatic carbocycles. The van der Waals surface area contributed by atoms with Crippen LogP contribution in [0.3, 0.4) is 0 Å². The summed E-state index contributed by atoms with van der Waals surface area (Å²) in [5.74, 6) is 0.740. The van der Waals surface area contributed by atoms with Crippen LogP contribution in [0.25, 0.3) is 0 Å². The van der Waals surface area contributed by atoms with E-state index >= 15 is 0 Å². The van der Waals surface area contributed by atoms with Gasteiger partial charge >= 0.3 is 6.18 Å². The van der Waals surface area contributed by atoms with Crippen LogP contribution in [0, 0.1) is 0 Å². The molecule has 0 aromatic carbocycles. The lowest BCUT2D eigenvalue weighted by atomic mass is 9.97. The molecule has 1 unspecified atom stereocenters. The van der Waals surface area contributed by atoms with Gasteiger partial charge in [0.2, 0.25) is 5.60 Å². The van der Waals surface area contributed by atoms with Gasteiger partial charge in [0.1, 0.15) is 12.4 Å². The number of aliphatic imine (C=N–C) groups is 1. The Kier molecular flexibility index (Phi) is 8.49. The summed E-state index contributed by atoms with van der Waals surface area (Å²) in [5, 5.41) is 20.3. The van der Waals surface area contributed by atoms with Crippen molar-refractivity contribution in [3.63, 3.8) is 0 Å². The topological polar surface area (TPSA) is 100 Å². The van der Waals surface area contributed by atoms with Crippen molar-refractivity contribution >= 4 is 5.96 Å². The van der Waals surface area contributed by atoms with E-state index in [-0.39, 0.29) is 13.1 Å². The zero-order valence-electron chi connectivity index (χ0n) is 18.3. The predicted molar refractivity (Wildman–Crippen MR) is 110 cm³/mol. The van der Waals surface area contributed by atoms with Crippen molar-refractivity contribution in [1.29, 1.82) is 0 Å². The molecule has 31 heavy (non-hydrogen) atoms. The number of halogens is 3. The third-order valence-electron chi connectivity index (χ3n) is 5.16. The molecule has 0 fully saturated rings. The third-order valence-corrected chi connectivity index (χ3v) is 5.16. The minimum atomic E-state index is -4.88. The molecular weight excluding hydrogens is 413 g/mol. The molecular formula is C20H31F3N6O2. The molecule has 0 spiro atoms. The zero-order valence-corrected chi connectivity index (χ0v) is 18.3. The third kappa shape index (κ3) is 5.99. The van der Waals surface area contributed by atoms with Crippen molar-refractivity contribution in [2.45, 2.75) is 64.3 Å². The minimum Gasteiger partial charge on any atom is -0.374 e. The standard InChI is InChI=1S/C20H31F3N6O2/c1-5-14(6-2)16-12-15(31-28-16)13-27-18(24-7-3)26-9-8-19(30,20(21,22)23)17-25-10-11-29(17)4/h10-12,14,30H,5-9,13H2,1-4H3,(H2,24,26,27). The fourth-order valence-electron chi connectivity index (χ4n) is 3.31. The van der Waals surface area contributed by atoms with Crippen molar-refractivity contribution in [3.8, 4) is 0 Å². The first-order valence-corrected chi connectivity index (χ1v) is 10.4. The van der Waals surface area contributed by atoms with Crippen LogP contribution in [-0.2, 0) is 19.2 Å². The first-order valence-electron chi connectivity index (χ1n) is 10.4. The molecule has 0 amide bonds. The molecule has 0 saturated carbocycles. The van der Waals surface area contributed by atoms with E-state index in [1.165, 1.54) is 19.4 Å². The number of hydrogen-bond acceptors (Lipinski definition) is 5. The van der Waals surface area contributed by atoms with Crippen molar-refractivity contribution in [3.05, 3.63) is 35.7 Å². The summed E-state index contributed by atoms with van der Waals surface area (Å²) in [6.45, 7) is 6.54. The number of imidazole rings is 1. The Hall–Kier alpha value is -2.56. The Balaban J connectivity index is 2.05. The number of guanidine groups is 1. The molecule has 2 aromatic heterocycles. The Morgan fingerprint density at radius 2 is 1.97 bits per heavy atom. The minimum absolute atomic E-state index is 0.176. The van der Waals surface area contributed by atoms with Crippen LogP contribution in [0.15, 0.2) is 28.0 Å². The monoisotopic (exact) mass is 444 g/mol. The Labute approximate surface area is 179 Å². The maximum absolute atomic E-state index is 13.6. The van der Waals surface area contributed by atoms with Crippen molar-refractivity contribution in [2.24, 2.45) is 12.0 Å². The van der Waals surface area contributed by atoms with E-state index in [2.05, 4.69) is 39.6 Å². The van der Waals surface area contributed by atoms with Gasteiger partial charge in [-0.05, 0) is 19.8 Å². The molecule has 0 saturated heterocycles. The fourth-order valence-corrected chi connectivity index (χ4v) is 3.31. The van der Waals surface area contributed by atoms with Gasteiger partial charge in [0.15, 0.2) is 11.7 Å². The van der Waals surface area contributed by atoms with Crippen LogP contribution in [0.1, 0.15) is 63.2 Å². The lowest BCUT2D eigenvalue weighted by Gasteiger charge is -2.30. The Bertz CT molecular complexity index is 844. The van der Waals surface area contributed by atoms with Gasteiger partial charge in [-0.25, -0.2) is 9.98 Å². The van der Waals surface area contributed by atoms with E-state index in [4.69, 9.17) is 4.52 Å². The summed E-state index contributed by atoms with van der Waals surface area (Å²) in [6.07, 6.45) is -1.03. The van der Waals surface area contributed by atoms with E-state index in [1.807, 2.05) is 13.0 Å². The molecule has 0 radical (unpaired) electrons. The fraction of sp³-hybridized carbons (Fsp3) is 0.650. The summed E-state index contributed by atoms with van der Waals surface area (Å²) >= 11 is 0. The summed E-state index contributed by atoms with van der Waals surface area (Å²) in [4.78, 5) is 8.04. The van der Waals surface area contributed by atoms with E-state index < -0.39 is 24.0 Å². The summed E-state index contributed by atoms with van der Waals surface area (Å²) in [6, 6.07) is 1.86. The molecule has 2 aromatic rings. The molecule has 2 heterocycles. The largest absolute Gasteiger partial charge is 0.424 e. The first kappa shape index (κ1) is 24.7. The normalized spacial score (nSPS) is 14.7. The van der Waals surface area contributed by atoms with Gasteiger partial charge in [0.05, 0.1) is 5.69 Å². The van der Waals surface area contributed by atoms with Gasteiger partial charge in [-0.2, -0.15) is 13.2 Å². The summed E-state index contributed by atoms with van der Waals surface area (Å²) in [7, 11) is 1.41. The highest BCUT2D eigenvalue weighted by molar-refractivity contribution is 5.79. The second-order valence-electron chi connectivity index (χ2n) is 7.32. The summed E-state index contributed by atoms with van der Waals surface area (Å²) < 4.78 is 47.3. The maximum atomic E-state index is 13.6. The average Bonchev–Trinajstić information content (AvgIpc) is 3.35. The van der Waals surface area contributed by atoms with Gasteiger partial charge in [-0.3, -0.25) is 0 Å².